The molecular formula is C19H26N2O7S2. The summed E-state index contributed by atoms with van der Waals surface area (Å²) in [4.78, 5) is 0. The predicted octanol–water partition coefficient (Wildman–Crippen LogP) is 2.75. The van der Waals surface area contributed by atoms with E-state index in [2.05, 4.69) is 4.72 Å². The fourth-order valence-electron chi connectivity index (χ4n) is 3.34. The lowest BCUT2D eigenvalue weighted by Crippen LogP contribution is -2.25. The topological polar surface area (TPSA) is 140 Å². The number of anilines is 1. The molecule has 0 amide bonds. The molecular weight excluding hydrogens is 432 g/mol. The molecule has 1 heterocycles. The highest BCUT2D eigenvalue weighted by Gasteiger charge is 2.36. The number of nitrogens with one attached hydrogen (secondary N) is 1. The summed E-state index contributed by atoms with van der Waals surface area (Å²) in [5, 5.41) is 20.1. The number of phenols is 1. The average molecular weight is 459 g/mol. The van der Waals surface area contributed by atoms with Crippen LogP contribution in [0.25, 0.3) is 0 Å². The van der Waals surface area contributed by atoms with E-state index >= 15 is 0 Å². The van der Waals surface area contributed by atoms with Crippen LogP contribution < -0.4 is 13.2 Å². The fourth-order valence-corrected chi connectivity index (χ4v) is 5.19. The van der Waals surface area contributed by atoms with Gasteiger partial charge in [0.05, 0.1) is 12.8 Å². The van der Waals surface area contributed by atoms with Gasteiger partial charge in [0.15, 0.2) is 0 Å². The fraction of sp³-hybridized carbons (Fsp3) is 0.368. The Morgan fingerprint density at radius 2 is 1.97 bits per heavy atom. The van der Waals surface area contributed by atoms with Crippen LogP contribution in [-0.4, -0.2) is 46.8 Å². The predicted molar refractivity (Wildman–Crippen MR) is 116 cm³/mol. The Balaban J connectivity index is 1.94. The molecule has 1 aliphatic heterocycles. The van der Waals surface area contributed by atoms with Gasteiger partial charge >= 0.3 is 10.1 Å². The molecule has 2 aromatic rings. The molecule has 0 spiro atoms. The van der Waals surface area contributed by atoms with Crippen molar-refractivity contribution < 1.29 is 31.9 Å². The van der Waals surface area contributed by atoms with Gasteiger partial charge in [-0.15, -0.1) is 0 Å². The van der Waals surface area contributed by atoms with Gasteiger partial charge in [-0.3, -0.25) is 13.4 Å². The Morgan fingerprint density at radius 3 is 2.50 bits per heavy atom. The van der Waals surface area contributed by atoms with E-state index in [1.54, 1.807) is 12.1 Å². The van der Waals surface area contributed by atoms with Gasteiger partial charge in [0, 0.05) is 12.0 Å². The van der Waals surface area contributed by atoms with Gasteiger partial charge in [-0.25, -0.2) is 0 Å². The molecule has 0 aliphatic carbocycles. The second-order valence-corrected chi connectivity index (χ2v) is 10.8. The second-order valence-electron chi connectivity index (χ2n) is 7.49. The molecule has 0 saturated carbocycles. The quantitative estimate of drug-likeness (QED) is 0.413. The average Bonchev–Trinajstić information content (AvgIpc) is 2.87. The number of hydrogen-bond donors (Lipinski definition) is 5. The molecule has 1 aliphatic rings. The van der Waals surface area contributed by atoms with E-state index in [1.165, 1.54) is 12.1 Å². The maximum Gasteiger partial charge on any atom is 0.306 e. The van der Waals surface area contributed by atoms with Crippen molar-refractivity contribution in [3.05, 3.63) is 53.1 Å². The van der Waals surface area contributed by atoms with E-state index in [0.717, 1.165) is 16.1 Å². The van der Waals surface area contributed by atoms with Crippen LogP contribution in [0, 0.1) is 0 Å². The molecule has 0 bridgehead atoms. The van der Waals surface area contributed by atoms with E-state index < -0.39 is 27.3 Å². The SMILES string of the molecule is CC(C)c1cccc(Cc2ccc(N3CC(O)NS3(O)O)c(O)c2)c1OS(C)(=O)=O. The van der Waals surface area contributed by atoms with Gasteiger partial charge in [-0.2, -0.15) is 13.1 Å². The molecule has 9 nitrogen and oxygen atoms in total. The third-order valence-electron chi connectivity index (χ3n) is 4.63. The Morgan fingerprint density at radius 1 is 1.27 bits per heavy atom. The monoisotopic (exact) mass is 458 g/mol. The molecule has 3 rings (SSSR count). The van der Waals surface area contributed by atoms with Crippen molar-refractivity contribution in [1.29, 1.82) is 0 Å². The lowest BCUT2D eigenvalue weighted by Gasteiger charge is -2.36. The van der Waals surface area contributed by atoms with Crippen molar-refractivity contribution in [3.63, 3.8) is 0 Å². The lowest BCUT2D eigenvalue weighted by atomic mass is 9.96. The molecule has 0 aromatic heterocycles. The Labute approximate surface area is 177 Å². The Hall–Kier alpha value is -2.02. The van der Waals surface area contributed by atoms with Crippen molar-refractivity contribution in [2.75, 3.05) is 17.1 Å². The molecule has 1 atom stereocenters. The summed E-state index contributed by atoms with van der Waals surface area (Å²) in [6.07, 6.45) is 0.144. The smallest absolute Gasteiger partial charge is 0.306 e. The minimum absolute atomic E-state index is 0.0387. The normalized spacial score (nSPS) is 19.8. The molecule has 1 saturated heterocycles. The van der Waals surface area contributed by atoms with Crippen molar-refractivity contribution >= 4 is 26.8 Å². The van der Waals surface area contributed by atoms with Crippen LogP contribution in [0.3, 0.4) is 0 Å². The lowest BCUT2D eigenvalue weighted by molar-refractivity contribution is 0.182. The minimum Gasteiger partial charge on any atom is -0.506 e. The number of benzene rings is 2. The van der Waals surface area contributed by atoms with Crippen LogP contribution in [0.5, 0.6) is 11.5 Å². The zero-order valence-electron chi connectivity index (χ0n) is 16.8. The van der Waals surface area contributed by atoms with Gasteiger partial charge < -0.3 is 14.4 Å². The summed E-state index contributed by atoms with van der Waals surface area (Å²) >= 11 is 0. The van der Waals surface area contributed by atoms with E-state index in [9.17, 15) is 27.7 Å². The van der Waals surface area contributed by atoms with Gasteiger partial charge in [0.25, 0.3) is 0 Å². The third-order valence-corrected chi connectivity index (χ3v) is 6.65. The highest BCUT2D eigenvalue weighted by atomic mass is 32.3. The van der Waals surface area contributed by atoms with Crippen LogP contribution in [0.4, 0.5) is 5.69 Å². The highest BCUT2D eigenvalue weighted by molar-refractivity contribution is 8.24. The van der Waals surface area contributed by atoms with Gasteiger partial charge in [0.2, 0.25) is 0 Å². The molecule has 1 unspecified atom stereocenters. The van der Waals surface area contributed by atoms with Crippen LogP contribution in [-0.2, 0) is 16.5 Å². The Kier molecular flexibility index (Phi) is 6.23. The summed E-state index contributed by atoms with van der Waals surface area (Å²) in [6.45, 7) is 3.77. The maximum atomic E-state index is 11.8. The first-order valence-electron chi connectivity index (χ1n) is 9.22. The van der Waals surface area contributed by atoms with Crippen LogP contribution in [0.15, 0.2) is 36.4 Å². The van der Waals surface area contributed by atoms with Crippen LogP contribution in [0.1, 0.15) is 36.5 Å². The van der Waals surface area contributed by atoms with Crippen molar-refractivity contribution in [1.82, 2.24) is 4.72 Å². The molecule has 5 N–H and O–H groups in total. The number of β-amino-alcohol motifs (C(OH)–C–C–N with tert-alkyl or cyclic N) is 1. The third kappa shape index (κ3) is 4.99. The number of aromatic hydroxyl groups is 1. The van der Waals surface area contributed by atoms with Crippen LogP contribution >= 0.6 is 11.0 Å². The van der Waals surface area contributed by atoms with Crippen molar-refractivity contribution in [2.24, 2.45) is 0 Å². The first-order chi connectivity index (χ1) is 13.9. The molecule has 1 fully saturated rings. The first kappa shape index (κ1) is 22.7. The molecule has 11 heteroatoms. The number of rotatable bonds is 6. The Bertz CT molecular complexity index is 1040. The van der Waals surface area contributed by atoms with Gasteiger partial charge in [-0.05, 0) is 29.2 Å². The summed E-state index contributed by atoms with van der Waals surface area (Å²) in [7, 11) is -7.17. The highest BCUT2D eigenvalue weighted by Crippen LogP contribution is 2.49. The number of para-hydroxylation sites is 1. The molecule has 30 heavy (non-hydrogen) atoms. The largest absolute Gasteiger partial charge is 0.506 e. The zero-order chi connectivity index (χ0) is 22.3. The van der Waals surface area contributed by atoms with Crippen molar-refractivity contribution in [2.45, 2.75) is 32.4 Å². The number of hydrogen-bond acceptors (Lipinski definition) is 9. The van der Waals surface area contributed by atoms with Gasteiger partial charge in [-0.1, -0.05) is 49.1 Å². The molecule has 2 aromatic carbocycles. The number of nitrogens with zero attached hydrogens (tertiary/aromatic N) is 1. The van der Waals surface area contributed by atoms with Gasteiger partial charge in [0.1, 0.15) is 23.4 Å². The van der Waals surface area contributed by atoms with E-state index in [-0.39, 0.29) is 36.1 Å². The van der Waals surface area contributed by atoms with E-state index in [0.29, 0.717) is 11.1 Å². The summed E-state index contributed by atoms with van der Waals surface area (Å²) in [5.74, 6) is 0.116. The van der Waals surface area contributed by atoms with E-state index in [4.69, 9.17) is 4.18 Å². The first-order valence-corrected chi connectivity index (χ1v) is 12.5. The van der Waals surface area contributed by atoms with Crippen LogP contribution in [0.2, 0.25) is 0 Å². The maximum absolute atomic E-state index is 11.8. The van der Waals surface area contributed by atoms with Crippen molar-refractivity contribution in [3.8, 4) is 11.5 Å². The number of aliphatic hydroxyl groups excluding tert-OH is 1. The molecule has 166 valence electrons. The standard InChI is InChI=1S/C19H26N2O7S2/c1-12(2)15-6-4-5-14(19(15)28-29(3,24)25)9-13-7-8-16(17(22)10-13)21-11-18(23)20-30(21,26)27/h4-8,10,12,18,20,22-23,26-27H,9,11H2,1-3H3. The summed E-state index contributed by atoms with van der Waals surface area (Å²) in [6, 6.07) is 10.0. The number of phenolic OH excluding ortho intramolecular Hbond substituents is 1. The molecule has 0 radical (unpaired) electrons. The van der Waals surface area contributed by atoms with E-state index in [1.807, 2.05) is 26.0 Å². The zero-order valence-corrected chi connectivity index (χ0v) is 18.4. The number of aliphatic hydroxyl groups is 1. The second kappa shape index (κ2) is 8.25. The minimum atomic E-state index is -3.73. The summed E-state index contributed by atoms with van der Waals surface area (Å²) < 4.78 is 52.3. The summed E-state index contributed by atoms with van der Waals surface area (Å²) in [5.41, 5.74) is 2.22.